The summed E-state index contributed by atoms with van der Waals surface area (Å²) in [5.74, 6) is 2.19. The highest BCUT2D eigenvalue weighted by Gasteiger charge is 2.26. The van der Waals surface area contributed by atoms with Crippen molar-refractivity contribution >= 4 is 0 Å². The van der Waals surface area contributed by atoms with Gasteiger partial charge in [-0.1, -0.05) is 86.2 Å². The molecule has 5 rings (SSSR count). The predicted octanol–water partition coefficient (Wildman–Crippen LogP) is 8.17. The first-order valence-corrected chi connectivity index (χ1v) is 12.1. The molecule has 0 bridgehead atoms. The SMILES string of the molecule is CCC1CCC(c2ccc(CC3=CC=C(C4=CCCC=C4)C4C=CC=C34)cc2)CC1. The Morgan fingerprint density at radius 3 is 2.43 bits per heavy atom. The second-order valence-electron chi connectivity index (χ2n) is 9.48. The van der Waals surface area contributed by atoms with Gasteiger partial charge in [-0.3, -0.25) is 0 Å². The van der Waals surface area contributed by atoms with Crippen LogP contribution in [0.4, 0.5) is 0 Å². The third kappa shape index (κ3) is 3.97. The maximum Gasteiger partial charge on any atom is 0.0281 e. The fraction of sp³-hybridized carbons (Fsp3) is 0.400. The summed E-state index contributed by atoms with van der Waals surface area (Å²) in [6, 6.07) is 9.58. The van der Waals surface area contributed by atoms with E-state index in [1.54, 1.807) is 5.56 Å². The quantitative estimate of drug-likeness (QED) is 0.472. The standard InChI is InChI=1S/C30H34/c1-2-22-11-15-24(16-12-22)25-17-13-23(14-18-25)21-27-19-20-29(26-7-4-3-5-8-26)30-10-6-9-28(27)30/h4,6-10,13-14,17-20,22,24,30H,2-3,5,11-12,15-16,21H2,1H3. The molecular formula is C30H34. The molecule has 0 saturated heterocycles. The molecule has 0 nitrogen and oxygen atoms in total. The van der Waals surface area contributed by atoms with E-state index in [9.17, 15) is 0 Å². The Morgan fingerprint density at radius 1 is 0.867 bits per heavy atom. The Labute approximate surface area is 182 Å². The van der Waals surface area contributed by atoms with Gasteiger partial charge in [-0.15, -0.1) is 0 Å². The minimum absolute atomic E-state index is 0.437. The van der Waals surface area contributed by atoms with Crippen LogP contribution in [0.25, 0.3) is 0 Å². The van der Waals surface area contributed by atoms with Crippen LogP contribution in [0, 0.1) is 11.8 Å². The molecule has 0 amide bonds. The number of rotatable bonds is 5. The summed E-state index contributed by atoms with van der Waals surface area (Å²) < 4.78 is 0. The molecule has 0 heteroatoms. The molecule has 1 fully saturated rings. The number of benzene rings is 1. The van der Waals surface area contributed by atoms with Crippen molar-refractivity contribution in [2.45, 2.75) is 64.2 Å². The molecule has 1 aromatic carbocycles. The average molecular weight is 395 g/mol. The molecule has 1 atom stereocenters. The van der Waals surface area contributed by atoms with Crippen LogP contribution in [-0.4, -0.2) is 0 Å². The van der Waals surface area contributed by atoms with E-state index < -0.39 is 0 Å². The number of allylic oxidation sites excluding steroid dienone is 12. The molecule has 154 valence electrons. The minimum Gasteiger partial charge on any atom is -0.0836 e. The van der Waals surface area contributed by atoms with E-state index in [4.69, 9.17) is 0 Å². The van der Waals surface area contributed by atoms with Crippen molar-refractivity contribution in [3.8, 4) is 0 Å². The second kappa shape index (κ2) is 8.80. The van der Waals surface area contributed by atoms with E-state index in [-0.39, 0.29) is 0 Å². The highest BCUT2D eigenvalue weighted by atomic mass is 14.3. The van der Waals surface area contributed by atoms with E-state index in [1.165, 1.54) is 72.8 Å². The first-order chi connectivity index (χ1) is 14.8. The first kappa shape index (κ1) is 19.6. The smallest absolute Gasteiger partial charge is 0.0281 e. The van der Waals surface area contributed by atoms with Crippen LogP contribution < -0.4 is 0 Å². The zero-order chi connectivity index (χ0) is 20.3. The fourth-order valence-electron chi connectivity index (χ4n) is 5.74. The van der Waals surface area contributed by atoms with Gasteiger partial charge in [0.25, 0.3) is 0 Å². The summed E-state index contributed by atoms with van der Waals surface area (Å²) in [6.07, 6.45) is 29.0. The van der Waals surface area contributed by atoms with Gasteiger partial charge in [0, 0.05) is 5.92 Å². The van der Waals surface area contributed by atoms with Gasteiger partial charge in [-0.2, -0.15) is 0 Å². The lowest BCUT2D eigenvalue weighted by Gasteiger charge is -2.28. The summed E-state index contributed by atoms with van der Waals surface area (Å²) >= 11 is 0. The van der Waals surface area contributed by atoms with E-state index in [0.29, 0.717) is 5.92 Å². The third-order valence-electron chi connectivity index (χ3n) is 7.68. The fourth-order valence-corrected chi connectivity index (χ4v) is 5.74. The zero-order valence-electron chi connectivity index (χ0n) is 18.3. The summed E-state index contributed by atoms with van der Waals surface area (Å²) in [4.78, 5) is 0. The Morgan fingerprint density at radius 2 is 1.70 bits per heavy atom. The Hall–Kier alpha value is -2.34. The zero-order valence-corrected chi connectivity index (χ0v) is 18.3. The Balaban J connectivity index is 1.30. The number of hydrogen-bond acceptors (Lipinski definition) is 0. The van der Waals surface area contributed by atoms with Gasteiger partial charge < -0.3 is 0 Å². The largest absolute Gasteiger partial charge is 0.0836 e. The lowest BCUT2D eigenvalue weighted by Crippen LogP contribution is -2.13. The van der Waals surface area contributed by atoms with Crippen LogP contribution in [-0.2, 0) is 6.42 Å². The van der Waals surface area contributed by atoms with Crippen molar-refractivity contribution in [3.63, 3.8) is 0 Å². The first-order valence-electron chi connectivity index (χ1n) is 12.1. The van der Waals surface area contributed by atoms with E-state index in [1.807, 2.05) is 0 Å². The summed E-state index contributed by atoms with van der Waals surface area (Å²) in [6.45, 7) is 2.35. The third-order valence-corrected chi connectivity index (χ3v) is 7.68. The van der Waals surface area contributed by atoms with Gasteiger partial charge in [-0.05, 0) is 90.2 Å². The van der Waals surface area contributed by atoms with Gasteiger partial charge in [0.1, 0.15) is 0 Å². The van der Waals surface area contributed by atoms with Crippen molar-refractivity contribution in [2.75, 3.05) is 0 Å². The molecule has 0 aromatic heterocycles. The maximum atomic E-state index is 2.41. The maximum absolute atomic E-state index is 2.41. The van der Waals surface area contributed by atoms with Crippen LogP contribution in [0.3, 0.4) is 0 Å². The summed E-state index contributed by atoms with van der Waals surface area (Å²) in [7, 11) is 0. The second-order valence-corrected chi connectivity index (χ2v) is 9.48. The van der Waals surface area contributed by atoms with E-state index in [2.05, 4.69) is 79.8 Å². The van der Waals surface area contributed by atoms with Crippen molar-refractivity contribution in [1.82, 2.24) is 0 Å². The van der Waals surface area contributed by atoms with Gasteiger partial charge >= 0.3 is 0 Å². The molecule has 0 heterocycles. The highest BCUT2D eigenvalue weighted by Crippen LogP contribution is 2.41. The van der Waals surface area contributed by atoms with Gasteiger partial charge in [0.2, 0.25) is 0 Å². The van der Waals surface area contributed by atoms with Crippen LogP contribution in [0.15, 0.2) is 95.2 Å². The molecule has 0 spiro atoms. The lowest BCUT2D eigenvalue weighted by molar-refractivity contribution is 0.319. The summed E-state index contributed by atoms with van der Waals surface area (Å²) in [5.41, 5.74) is 8.85. The molecule has 1 saturated carbocycles. The van der Waals surface area contributed by atoms with Gasteiger partial charge in [0.15, 0.2) is 0 Å². The lowest BCUT2D eigenvalue weighted by atomic mass is 9.77. The summed E-state index contributed by atoms with van der Waals surface area (Å²) in [5, 5.41) is 0. The Kier molecular flexibility index (Phi) is 5.75. The monoisotopic (exact) mass is 394 g/mol. The molecule has 0 radical (unpaired) electrons. The molecule has 0 aliphatic heterocycles. The van der Waals surface area contributed by atoms with Crippen LogP contribution in [0.2, 0.25) is 0 Å². The Bertz CT molecular complexity index is 950. The van der Waals surface area contributed by atoms with Crippen LogP contribution in [0.1, 0.15) is 68.9 Å². The molecular weight excluding hydrogens is 360 g/mol. The van der Waals surface area contributed by atoms with Crippen molar-refractivity contribution in [1.29, 1.82) is 0 Å². The predicted molar refractivity (Wildman–Crippen MR) is 128 cm³/mol. The van der Waals surface area contributed by atoms with Crippen molar-refractivity contribution in [3.05, 3.63) is 106 Å². The van der Waals surface area contributed by atoms with E-state index in [0.717, 1.165) is 18.3 Å². The highest BCUT2D eigenvalue weighted by molar-refractivity contribution is 5.60. The molecule has 1 unspecified atom stereocenters. The van der Waals surface area contributed by atoms with Crippen molar-refractivity contribution < 1.29 is 0 Å². The topological polar surface area (TPSA) is 0 Å². The average Bonchev–Trinajstić information content (AvgIpc) is 3.31. The van der Waals surface area contributed by atoms with E-state index >= 15 is 0 Å². The minimum atomic E-state index is 0.437. The number of fused-ring (bicyclic) bond motifs is 1. The van der Waals surface area contributed by atoms with Crippen LogP contribution >= 0.6 is 0 Å². The molecule has 4 aliphatic rings. The van der Waals surface area contributed by atoms with Gasteiger partial charge in [-0.25, -0.2) is 0 Å². The molecule has 30 heavy (non-hydrogen) atoms. The number of hydrogen-bond donors (Lipinski definition) is 0. The normalized spacial score (nSPS) is 27.8. The molecule has 1 aromatic rings. The van der Waals surface area contributed by atoms with Crippen molar-refractivity contribution in [2.24, 2.45) is 11.8 Å². The molecule has 4 aliphatic carbocycles. The van der Waals surface area contributed by atoms with Gasteiger partial charge in [0.05, 0.1) is 0 Å². The molecule has 0 N–H and O–H groups in total. The van der Waals surface area contributed by atoms with Crippen LogP contribution in [0.5, 0.6) is 0 Å².